The summed E-state index contributed by atoms with van der Waals surface area (Å²) in [6.07, 6.45) is 4.45. The number of fused-ring (bicyclic) bond motifs is 1. The Bertz CT molecular complexity index is 548. The smallest absolute Gasteiger partial charge is 0.0702 e. The zero-order valence-corrected chi connectivity index (χ0v) is 10.7. The number of nitrogens with two attached hydrogens (primary N) is 1. The van der Waals surface area contributed by atoms with Crippen LogP contribution in [0, 0.1) is 0 Å². The molecule has 3 rings (SSSR count). The van der Waals surface area contributed by atoms with Gasteiger partial charge in [-0.2, -0.15) is 0 Å². The quantitative estimate of drug-likeness (QED) is 0.893. The molecule has 1 aliphatic rings. The number of hydrogen-bond donors (Lipinski definition) is 1. The Morgan fingerprint density at radius 2 is 2.22 bits per heavy atom. The standard InChI is InChI=1S/C15H19N3/c1-18(13-5-6-13)15(10-16)12-4-7-14-11(9-12)3-2-8-17-14/h2-4,7-9,13,15H,5-6,10,16H2,1H3. The molecule has 0 aliphatic heterocycles. The van der Waals surface area contributed by atoms with Crippen LogP contribution in [0.1, 0.15) is 24.4 Å². The zero-order chi connectivity index (χ0) is 12.5. The van der Waals surface area contributed by atoms with E-state index in [0.717, 1.165) is 11.6 Å². The number of hydrogen-bond acceptors (Lipinski definition) is 3. The highest BCUT2D eigenvalue weighted by Gasteiger charge is 2.31. The van der Waals surface area contributed by atoms with E-state index in [1.807, 2.05) is 12.3 Å². The molecule has 2 N–H and O–H groups in total. The molecule has 0 bridgehead atoms. The molecule has 18 heavy (non-hydrogen) atoms. The van der Waals surface area contributed by atoms with Gasteiger partial charge in [0, 0.05) is 30.2 Å². The SMILES string of the molecule is CN(C1CC1)C(CN)c1ccc2ncccc2c1. The summed E-state index contributed by atoms with van der Waals surface area (Å²) in [5.41, 5.74) is 8.30. The zero-order valence-electron chi connectivity index (χ0n) is 10.7. The molecule has 94 valence electrons. The third kappa shape index (κ3) is 2.11. The second kappa shape index (κ2) is 4.67. The number of pyridine rings is 1. The van der Waals surface area contributed by atoms with Gasteiger partial charge < -0.3 is 5.73 Å². The highest BCUT2D eigenvalue weighted by Crippen LogP contribution is 2.33. The lowest BCUT2D eigenvalue weighted by Gasteiger charge is -2.27. The molecule has 3 heteroatoms. The van der Waals surface area contributed by atoms with E-state index >= 15 is 0 Å². The molecule has 0 amide bonds. The third-order valence-corrected chi connectivity index (χ3v) is 3.85. The molecule has 0 saturated heterocycles. The van der Waals surface area contributed by atoms with Gasteiger partial charge >= 0.3 is 0 Å². The van der Waals surface area contributed by atoms with Crippen molar-refractivity contribution in [3.63, 3.8) is 0 Å². The predicted octanol–water partition coefficient (Wildman–Crippen LogP) is 2.33. The molecule has 1 aliphatic carbocycles. The summed E-state index contributed by atoms with van der Waals surface area (Å²) in [6.45, 7) is 0.665. The van der Waals surface area contributed by atoms with Crippen LogP contribution in [0.15, 0.2) is 36.5 Å². The molecular formula is C15H19N3. The van der Waals surface area contributed by atoms with E-state index < -0.39 is 0 Å². The molecule has 1 unspecified atom stereocenters. The van der Waals surface area contributed by atoms with Gasteiger partial charge in [0.1, 0.15) is 0 Å². The number of rotatable bonds is 4. The molecular weight excluding hydrogens is 222 g/mol. The van der Waals surface area contributed by atoms with Crippen molar-refractivity contribution in [1.82, 2.24) is 9.88 Å². The Balaban J connectivity index is 1.95. The average Bonchev–Trinajstić information content (AvgIpc) is 3.23. The van der Waals surface area contributed by atoms with Crippen LogP contribution in [-0.2, 0) is 0 Å². The van der Waals surface area contributed by atoms with Gasteiger partial charge in [-0.05, 0) is 43.7 Å². The van der Waals surface area contributed by atoms with Crippen LogP contribution >= 0.6 is 0 Å². The van der Waals surface area contributed by atoms with Crippen LogP contribution in [0.3, 0.4) is 0 Å². The first-order valence-electron chi connectivity index (χ1n) is 6.56. The second-order valence-electron chi connectivity index (χ2n) is 5.10. The van der Waals surface area contributed by atoms with Crippen LogP contribution in [-0.4, -0.2) is 29.5 Å². The van der Waals surface area contributed by atoms with E-state index in [2.05, 4.69) is 41.2 Å². The van der Waals surface area contributed by atoms with Gasteiger partial charge in [-0.1, -0.05) is 12.1 Å². The fourth-order valence-electron chi connectivity index (χ4n) is 2.58. The maximum absolute atomic E-state index is 5.96. The number of nitrogens with zero attached hydrogens (tertiary/aromatic N) is 2. The van der Waals surface area contributed by atoms with Crippen molar-refractivity contribution >= 4 is 10.9 Å². The fourth-order valence-corrected chi connectivity index (χ4v) is 2.58. The van der Waals surface area contributed by atoms with Crippen molar-refractivity contribution in [2.45, 2.75) is 24.9 Å². The van der Waals surface area contributed by atoms with Crippen molar-refractivity contribution in [2.24, 2.45) is 5.73 Å². The largest absolute Gasteiger partial charge is 0.329 e. The lowest BCUT2D eigenvalue weighted by atomic mass is 10.0. The Morgan fingerprint density at radius 3 is 2.94 bits per heavy atom. The minimum atomic E-state index is 0.321. The van der Waals surface area contributed by atoms with Gasteiger partial charge in [0.15, 0.2) is 0 Å². The maximum Gasteiger partial charge on any atom is 0.0702 e. The first-order chi connectivity index (χ1) is 8.79. The molecule has 1 saturated carbocycles. The van der Waals surface area contributed by atoms with Crippen molar-refractivity contribution in [3.05, 3.63) is 42.1 Å². The van der Waals surface area contributed by atoms with Gasteiger partial charge in [0.25, 0.3) is 0 Å². The van der Waals surface area contributed by atoms with Gasteiger partial charge in [-0.25, -0.2) is 0 Å². The Kier molecular flexibility index (Phi) is 3.02. The molecule has 0 radical (unpaired) electrons. The van der Waals surface area contributed by atoms with Crippen LogP contribution in [0.4, 0.5) is 0 Å². The van der Waals surface area contributed by atoms with E-state index in [1.165, 1.54) is 23.8 Å². The summed E-state index contributed by atoms with van der Waals surface area (Å²) >= 11 is 0. The predicted molar refractivity (Wildman–Crippen MR) is 74.3 cm³/mol. The van der Waals surface area contributed by atoms with Crippen molar-refractivity contribution < 1.29 is 0 Å². The van der Waals surface area contributed by atoms with Crippen LogP contribution < -0.4 is 5.73 Å². The molecule has 3 nitrogen and oxygen atoms in total. The molecule has 1 fully saturated rings. The number of likely N-dealkylation sites (N-methyl/N-ethyl adjacent to an activating group) is 1. The molecule has 1 aromatic carbocycles. The van der Waals surface area contributed by atoms with Crippen LogP contribution in [0.25, 0.3) is 10.9 Å². The summed E-state index contributed by atoms with van der Waals surface area (Å²) in [6, 6.07) is 11.6. The second-order valence-corrected chi connectivity index (χ2v) is 5.10. The fraction of sp³-hybridized carbons (Fsp3) is 0.400. The first kappa shape index (κ1) is 11.6. The topological polar surface area (TPSA) is 42.1 Å². The van der Waals surface area contributed by atoms with E-state index in [4.69, 9.17) is 5.73 Å². The minimum absolute atomic E-state index is 0.321. The Labute approximate surface area is 108 Å². The summed E-state index contributed by atoms with van der Waals surface area (Å²) in [7, 11) is 2.18. The summed E-state index contributed by atoms with van der Waals surface area (Å²) in [5, 5.41) is 1.19. The average molecular weight is 241 g/mol. The lowest BCUT2D eigenvalue weighted by Crippen LogP contribution is -2.32. The van der Waals surface area contributed by atoms with E-state index in [0.29, 0.717) is 12.6 Å². The highest BCUT2D eigenvalue weighted by atomic mass is 15.2. The van der Waals surface area contributed by atoms with Crippen molar-refractivity contribution in [3.8, 4) is 0 Å². The van der Waals surface area contributed by atoms with Crippen LogP contribution in [0.2, 0.25) is 0 Å². The van der Waals surface area contributed by atoms with Gasteiger partial charge in [-0.15, -0.1) is 0 Å². The number of benzene rings is 1. The highest BCUT2D eigenvalue weighted by molar-refractivity contribution is 5.79. The molecule has 1 aromatic heterocycles. The maximum atomic E-state index is 5.96. The van der Waals surface area contributed by atoms with Crippen LogP contribution in [0.5, 0.6) is 0 Å². The summed E-state index contributed by atoms with van der Waals surface area (Å²) in [4.78, 5) is 6.77. The van der Waals surface area contributed by atoms with Gasteiger partial charge in [-0.3, -0.25) is 9.88 Å². The molecule has 2 aromatic rings. The third-order valence-electron chi connectivity index (χ3n) is 3.85. The van der Waals surface area contributed by atoms with Gasteiger partial charge in [0.05, 0.1) is 5.52 Å². The normalized spacial score (nSPS) is 17.3. The van der Waals surface area contributed by atoms with E-state index in [1.54, 1.807) is 0 Å². The van der Waals surface area contributed by atoms with Gasteiger partial charge in [0.2, 0.25) is 0 Å². The molecule has 1 atom stereocenters. The molecule has 1 heterocycles. The monoisotopic (exact) mass is 241 g/mol. The number of aromatic nitrogens is 1. The Hall–Kier alpha value is -1.45. The van der Waals surface area contributed by atoms with E-state index in [9.17, 15) is 0 Å². The van der Waals surface area contributed by atoms with E-state index in [-0.39, 0.29) is 0 Å². The summed E-state index contributed by atoms with van der Waals surface area (Å²) < 4.78 is 0. The minimum Gasteiger partial charge on any atom is -0.329 e. The Morgan fingerprint density at radius 1 is 1.39 bits per heavy atom. The molecule has 0 spiro atoms. The summed E-state index contributed by atoms with van der Waals surface area (Å²) in [5.74, 6) is 0. The van der Waals surface area contributed by atoms with Crippen molar-refractivity contribution in [1.29, 1.82) is 0 Å². The van der Waals surface area contributed by atoms with Crippen molar-refractivity contribution in [2.75, 3.05) is 13.6 Å². The lowest BCUT2D eigenvalue weighted by molar-refractivity contribution is 0.240. The first-order valence-corrected chi connectivity index (χ1v) is 6.56.